The van der Waals surface area contributed by atoms with Crippen molar-refractivity contribution in [1.29, 1.82) is 0 Å². The number of nitrogens with zero attached hydrogens (tertiary/aromatic N) is 2. The van der Waals surface area contributed by atoms with Crippen molar-refractivity contribution >= 4 is 33.0 Å². The van der Waals surface area contributed by atoms with E-state index in [2.05, 4.69) is 4.98 Å². The summed E-state index contributed by atoms with van der Waals surface area (Å²) in [4.78, 5) is 5.18. The molecule has 8 heteroatoms. The van der Waals surface area contributed by atoms with E-state index in [1.54, 1.807) is 12.1 Å². The molecule has 0 saturated heterocycles. The van der Waals surface area contributed by atoms with Gasteiger partial charge in [-0.05, 0) is 37.1 Å². The maximum absolute atomic E-state index is 12.9. The summed E-state index contributed by atoms with van der Waals surface area (Å²) in [7, 11) is -3.69. The standard InChI is InChI=1S/C14H15ClN2O3S2/c1-2-20-11-4-3-6-16-14(11)22(18,19)17-7-5-12-10(9-17)8-13(15)21-12/h3-4,6,8H,2,5,7,9H2,1H3. The molecule has 22 heavy (non-hydrogen) atoms. The third kappa shape index (κ3) is 2.86. The van der Waals surface area contributed by atoms with Crippen molar-refractivity contribution in [2.24, 2.45) is 0 Å². The number of thiophene rings is 1. The van der Waals surface area contributed by atoms with E-state index in [0.29, 0.717) is 36.2 Å². The maximum Gasteiger partial charge on any atom is 0.264 e. The molecule has 0 fully saturated rings. The smallest absolute Gasteiger partial charge is 0.264 e. The lowest BCUT2D eigenvalue weighted by molar-refractivity contribution is 0.324. The second kappa shape index (κ2) is 6.16. The summed E-state index contributed by atoms with van der Waals surface area (Å²) in [6, 6.07) is 5.13. The number of pyridine rings is 1. The summed E-state index contributed by atoms with van der Waals surface area (Å²) < 4.78 is 33.2. The van der Waals surface area contributed by atoms with Crippen molar-refractivity contribution in [1.82, 2.24) is 9.29 Å². The second-order valence-corrected chi connectivity index (χ2v) is 8.45. The van der Waals surface area contributed by atoms with Gasteiger partial charge in [0, 0.05) is 24.2 Å². The molecule has 0 spiro atoms. The van der Waals surface area contributed by atoms with Gasteiger partial charge in [-0.25, -0.2) is 13.4 Å². The average Bonchev–Trinajstić information content (AvgIpc) is 2.87. The van der Waals surface area contributed by atoms with E-state index in [1.807, 2.05) is 13.0 Å². The van der Waals surface area contributed by atoms with Crippen molar-refractivity contribution < 1.29 is 13.2 Å². The van der Waals surface area contributed by atoms with Crippen LogP contribution in [0.4, 0.5) is 0 Å². The monoisotopic (exact) mass is 358 g/mol. The minimum atomic E-state index is -3.69. The first-order chi connectivity index (χ1) is 10.5. The van der Waals surface area contributed by atoms with Crippen molar-refractivity contribution in [3.8, 4) is 5.75 Å². The fourth-order valence-corrected chi connectivity index (χ4v) is 5.19. The minimum Gasteiger partial charge on any atom is -0.491 e. The van der Waals surface area contributed by atoms with Crippen molar-refractivity contribution in [3.63, 3.8) is 0 Å². The van der Waals surface area contributed by atoms with Gasteiger partial charge in [-0.2, -0.15) is 4.31 Å². The normalized spacial score (nSPS) is 15.5. The molecule has 118 valence electrons. The number of fused-ring (bicyclic) bond motifs is 1. The molecule has 3 rings (SSSR count). The van der Waals surface area contributed by atoms with Gasteiger partial charge >= 0.3 is 0 Å². The first kappa shape index (κ1) is 15.7. The molecule has 1 aliphatic rings. The Kier molecular flexibility index (Phi) is 4.40. The molecular formula is C14H15ClN2O3S2. The van der Waals surface area contributed by atoms with Crippen LogP contribution in [0.15, 0.2) is 29.4 Å². The first-order valence-corrected chi connectivity index (χ1v) is 9.51. The van der Waals surface area contributed by atoms with Crippen LogP contribution in [0.2, 0.25) is 4.34 Å². The third-order valence-electron chi connectivity index (χ3n) is 3.42. The highest BCUT2D eigenvalue weighted by Crippen LogP contribution is 2.34. The molecule has 0 atom stereocenters. The molecule has 0 unspecified atom stereocenters. The largest absolute Gasteiger partial charge is 0.491 e. The van der Waals surface area contributed by atoms with Crippen LogP contribution in [0, 0.1) is 0 Å². The van der Waals surface area contributed by atoms with Gasteiger partial charge < -0.3 is 4.74 Å². The number of hydrogen-bond donors (Lipinski definition) is 0. The molecule has 0 aliphatic carbocycles. The lowest BCUT2D eigenvalue weighted by atomic mass is 10.1. The van der Waals surface area contributed by atoms with Gasteiger partial charge in [0.15, 0.2) is 5.75 Å². The molecular weight excluding hydrogens is 344 g/mol. The Labute approximate surface area is 138 Å². The van der Waals surface area contributed by atoms with Gasteiger partial charge in [-0.15, -0.1) is 11.3 Å². The van der Waals surface area contributed by atoms with E-state index in [9.17, 15) is 8.42 Å². The van der Waals surface area contributed by atoms with Crippen molar-refractivity contribution in [2.75, 3.05) is 13.2 Å². The Hall–Kier alpha value is -1.15. The van der Waals surface area contributed by atoms with Crippen LogP contribution in [0.1, 0.15) is 17.4 Å². The number of ether oxygens (including phenoxy) is 1. The number of hydrogen-bond acceptors (Lipinski definition) is 5. The number of halogens is 1. The Morgan fingerprint density at radius 2 is 2.32 bits per heavy atom. The lowest BCUT2D eigenvalue weighted by Crippen LogP contribution is -2.36. The molecule has 3 heterocycles. The number of sulfonamides is 1. The molecule has 0 radical (unpaired) electrons. The van der Waals surface area contributed by atoms with E-state index < -0.39 is 10.0 Å². The van der Waals surface area contributed by atoms with E-state index in [1.165, 1.54) is 21.8 Å². The zero-order valence-electron chi connectivity index (χ0n) is 12.0. The predicted molar refractivity (Wildman–Crippen MR) is 86.0 cm³/mol. The van der Waals surface area contributed by atoms with Crippen LogP contribution in [-0.2, 0) is 23.0 Å². The van der Waals surface area contributed by atoms with E-state index in [-0.39, 0.29) is 5.03 Å². The van der Waals surface area contributed by atoms with E-state index >= 15 is 0 Å². The SMILES string of the molecule is CCOc1cccnc1S(=O)(=O)N1CCc2sc(Cl)cc2C1. The number of aromatic nitrogens is 1. The van der Waals surface area contributed by atoms with Crippen molar-refractivity contribution in [2.45, 2.75) is 24.9 Å². The second-order valence-electron chi connectivity index (χ2n) is 4.83. The van der Waals surface area contributed by atoms with Crippen molar-refractivity contribution in [3.05, 3.63) is 39.2 Å². The molecule has 0 bridgehead atoms. The number of rotatable bonds is 4. The van der Waals surface area contributed by atoms with Gasteiger partial charge in [0.2, 0.25) is 5.03 Å². The quantitative estimate of drug-likeness (QED) is 0.843. The summed E-state index contributed by atoms with van der Waals surface area (Å²) in [6.45, 7) is 2.94. The van der Waals surface area contributed by atoms with E-state index in [0.717, 1.165) is 10.4 Å². The van der Waals surface area contributed by atoms with Gasteiger partial charge in [0.1, 0.15) is 0 Å². The molecule has 0 aromatic carbocycles. The summed E-state index contributed by atoms with van der Waals surface area (Å²) in [5.74, 6) is 0.291. The summed E-state index contributed by atoms with van der Waals surface area (Å²) in [6.07, 6.45) is 2.13. The molecule has 0 N–H and O–H groups in total. The van der Waals surface area contributed by atoms with Gasteiger partial charge in [-0.3, -0.25) is 0 Å². The predicted octanol–water partition coefficient (Wildman–Crippen LogP) is 2.94. The maximum atomic E-state index is 12.9. The Bertz CT molecular complexity index is 789. The van der Waals surface area contributed by atoms with Gasteiger partial charge in [-0.1, -0.05) is 11.6 Å². The molecule has 2 aromatic rings. The van der Waals surface area contributed by atoms with Crippen LogP contribution >= 0.6 is 22.9 Å². The van der Waals surface area contributed by atoms with Gasteiger partial charge in [0.25, 0.3) is 10.0 Å². The van der Waals surface area contributed by atoms with E-state index in [4.69, 9.17) is 16.3 Å². The lowest BCUT2D eigenvalue weighted by Gasteiger charge is -2.26. The fourth-order valence-electron chi connectivity index (χ4n) is 2.43. The summed E-state index contributed by atoms with van der Waals surface area (Å²) in [5.41, 5.74) is 0.971. The molecule has 1 aliphatic heterocycles. The highest BCUT2D eigenvalue weighted by Gasteiger charge is 2.32. The Balaban J connectivity index is 1.94. The molecule has 2 aromatic heterocycles. The average molecular weight is 359 g/mol. The van der Waals surface area contributed by atoms with Crippen LogP contribution in [0.3, 0.4) is 0 Å². The topological polar surface area (TPSA) is 59.5 Å². The fraction of sp³-hybridized carbons (Fsp3) is 0.357. The highest BCUT2D eigenvalue weighted by atomic mass is 35.5. The summed E-state index contributed by atoms with van der Waals surface area (Å²) >= 11 is 7.53. The Morgan fingerprint density at radius 1 is 1.50 bits per heavy atom. The van der Waals surface area contributed by atoms with Crippen LogP contribution < -0.4 is 4.74 Å². The Morgan fingerprint density at radius 3 is 3.09 bits per heavy atom. The van der Waals surface area contributed by atoms with Crippen LogP contribution in [-0.4, -0.2) is 30.9 Å². The molecule has 5 nitrogen and oxygen atoms in total. The highest BCUT2D eigenvalue weighted by molar-refractivity contribution is 7.89. The summed E-state index contributed by atoms with van der Waals surface area (Å²) in [5, 5.41) is -0.0263. The molecule has 0 saturated carbocycles. The third-order valence-corrected chi connectivity index (χ3v) is 6.57. The zero-order valence-corrected chi connectivity index (χ0v) is 14.3. The molecule has 0 amide bonds. The van der Waals surface area contributed by atoms with Gasteiger partial charge in [0.05, 0.1) is 10.9 Å². The first-order valence-electron chi connectivity index (χ1n) is 6.87. The zero-order chi connectivity index (χ0) is 15.7. The van der Waals surface area contributed by atoms with Crippen LogP contribution in [0.5, 0.6) is 5.75 Å². The minimum absolute atomic E-state index is 0.0263. The van der Waals surface area contributed by atoms with Crippen LogP contribution in [0.25, 0.3) is 0 Å².